The Morgan fingerprint density at radius 3 is 2.59 bits per heavy atom. The summed E-state index contributed by atoms with van der Waals surface area (Å²) in [6.45, 7) is 9.42. The van der Waals surface area contributed by atoms with E-state index < -0.39 is 5.60 Å². The number of hydrogen-bond donors (Lipinski definition) is 1. The molecule has 1 amide bonds. The number of hydrogen-bond acceptors (Lipinski definition) is 7. The van der Waals surface area contributed by atoms with E-state index in [4.69, 9.17) is 15.2 Å². The second-order valence-electron chi connectivity index (χ2n) is 8.48. The molecule has 158 valence electrons. The Hall–Kier alpha value is -2.84. The van der Waals surface area contributed by atoms with Gasteiger partial charge >= 0.3 is 6.09 Å². The summed E-state index contributed by atoms with van der Waals surface area (Å²) in [5.41, 5.74) is 8.04. The fraction of sp³-hybridized carbons (Fsp3) is 0.600. The first-order valence-electron chi connectivity index (χ1n) is 9.87. The molecule has 3 heterocycles. The molecule has 2 aromatic heterocycles. The van der Waals surface area contributed by atoms with Crippen molar-refractivity contribution in [3.63, 3.8) is 0 Å². The van der Waals surface area contributed by atoms with Crippen LogP contribution >= 0.6 is 0 Å². The highest BCUT2D eigenvalue weighted by Crippen LogP contribution is 2.29. The minimum atomic E-state index is -0.478. The fourth-order valence-electron chi connectivity index (χ4n) is 3.19. The molecule has 0 unspecified atom stereocenters. The lowest BCUT2D eigenvalue weighted by Gasteiger charge is -2.33. The van der Waals surface area contributed by atoms with Gasteiger partial charge in [-0.15, -0.1) is 5.10 Å². The number of nitrogens with zero attached hydrogens (tertiary/aromatic N) is 5. The van der Waals surface area contributed by atoms with Crippen molar-refractivity contribution in [1.82, 2.24) is 24.9 Å². The Kier molecular flexibility index (Phi) is 5.95. The topological polar surface area (TPSA) is 108 Å². The van der Waals surface area contributed by atoms with Gasteiger partial charge < -0.3 is 20.1 Å². The summed E-state index contributed by atoms with van der Waals surface area (Å²) in [6, 6.07) is 1.86. The Morgan fingerprint density at radius 2 is 2.00 bits per heavy atom. The van der Waals surface area contributed by atoms with Gasteiger partial charge in [0.15, 0.2) is 11.6 Å². The number of rotatable bonds is 4. The molecule has 0 aliphatic carbocycles. The number of pyridine rings is 1. The molecule has 0 aromatic carbocycles. The van der Waals surface area contributed by atoms with Gasteiger partial charge in [-0.25, -0.2) is 9.78 Å². The van der Waals surface area contributed by atoms with E-state index >= 15 is 0 Å². The average molecular weight is 402 g/mol. The number of nitrogens with two attached hydrogens (primary N) is 1. The number of ether oxygens (including phenoxy) is 2. The Morgan fingerprint density at radius 1 is 1.31 bits per heavy atom. The first kappa shape index (κ1) is 20.9. The van der Waals surface area contributed by atoms with Crippen LogP contribution in [0.15, 0.2) is 12.3 Å². The molecule has 1 aliphatic heterocycles. The van der Waals surface area contributed by atoms with E-state index in [1.54, 1.807) is 15.8 Å². The maximum Gasteiger partial charge on any atom is 0.410 e. The van der Waals surface area contributed by atoms with Gasteiger partial charge in [-0.2, -0.15) is 0 Å². The van der Waals surface area contributed by atoms with Crippen molar-refractivity contribution in [1.29, 1.82) is 0 Å². The van der Waals surface area contributed by atoms with Crippen LogP contribution in [0.25, 0.3) is 11.3 Å². The molecule has 0 saturated carbocycles. The molecule has 0 radical (unpaired) electrons. The van der Waals surface area contributed by atoms with Crippen molar-refractivity contribution in [2.45, 2.75) is 46.1 Å². The summed E-state index contributed by atoms with van der Waals surface area (Å²) in [5.74, 6) is 1.23. The van der Waals surface area contributed by atoms with Crippen molar-refractivity contribution in [2.24, 2.45) is 13.0 Å². The fourth-order valence-corrected chi connectivity index (χ4v) is 3.19. The number of aryl methyl sites for hydroxylation is 1. The number of carbonyl (C=O) groups excluding carboxylic acids is 1. The highest BCUT2D eigenvalue weighted by Gasteiger charge is 2.27. The number of nitrogen functional groups attached to an aromatic ring is 1. The van der Waals surface area contributed by atoms with E-state index in [1.165, 1.54) is 0 Å². The minimum absolute atomic E-state index is 0.252. The van der Waals surface area contributed by atoms with Gasteiger partial charge in [-0.1, -0.05) is 5.21 Å². The van der Waals surface area contributed by atoms with E-state index in [0.717, 1.165) is 29.8 Å². The zero-order valence-electron chi connectivity index (χ0n) is 17.8. The summed E-state index contributed by atoms with van der Waals surface area (Å²) in [7, 11) is 1.84. The second-order valence-corrected chi connectivity index (χ2v) is 8.48. The molecule has 0 spiro atoms. The van der Waals surface area contributed by atoms with Crippen LogP contribution in [0.4, 0.5) is 10.6 Å². The largest absolute Gasteiger partial charge is 0.489 e. The lowest BCUT2D eigenvalue weighted by Crippen LogP contribution is -2.42. The highest BCUT2D eigenvalue weighted by atomic mass is 16.6. The van der Waals surface area contributed by atoms with Crippen LogP contribution in [0.3, 0.4) is 0 Å². The van der Waals surface area contributed by atoms with Crippen LogP contribution in [0.2, 0.25) is 0 Å². The van der Waals surface area contributed by atoms with Gasteiger partial charge in [-0.05, 0) is 52.5 Å². The number of amides is 1. The standard InChI is InChI=1S/C20H30N6O3/c1-13-17(23-24-25(13)5)15-10-16(18(21)22-11-15)28-12-14-6-8-26(9-7-14)19(27)29-20(2,3)4/h10-11,14H,6-9,12H2,1-5H3,(H2,21,22). The monoisotopic (exact) mass is 402 g/mol. The van der Waals surface area contributed by atoms with Gasteiger partial charge in [-0.3, -0.25) is 4.68 Å². The van der Waals surface area contributed by atoms with E-state index in [1.807, 2.05) is 40.8 Å². The lowest BCUT2D eigenvalue weighted by atomic mass is 9.98. The van der Waals surface area contributed by atoms with E-state index in [0.29, 0.717) is 37.2 Å². The molecule has 0 atom stereocenters. The molecule has 9 nitrogen and oxygen atoms in total. The molecule has 0 bridgehead atoms. The zero-order chi connectivity index (χ0) is 21.2. The highest BCUT2D eigenvalue weighted by molar-refractivity contribution is 5.68. The normalized spacial score (nSPS) is 15.4. The summed E-state index contributed by atoms with van der Waals surface area (Å²) in [6.07, 6.45) is 3.14. The van der Waals surface area contributed by atoms with E-state index in [9.17, 15) is 4.79 Å². The summed E-state index contributed by atoms with van der Waals surface area (Å²) < 4.78 is 13.1. The number of likely N-dealkylation sites (tertiary alicyclic amines) is 1. The molecule has 1 aliphatic rings. The number of carbonyl (C=O) groups is 1. The third kappa shape index (κ3) is 5.16. The molecule has 1 fully saturated rings. The molecule has 1 saturated heterocycles. The van der Waals surface area contributed by atoms with Crippen molar-refractivity contribution in [3.8, 4) is 17.0 Å². The molecular weight excluding hydrogens is 372 g/mol. The molecule has 9 heteroatoms. The maximum atomic E-state index is 12.2. The maximum absolute atomic E-state index is 12.2. The van der Waals surface area contributed by atoms with Crippen molar-refractivity contribution >= 4 is 11.9 Å². The van der Waals surface area contributed by atoms with Gasteiger partial charge in [0.2, 0.25) is 0 Å². The predicted octanol–water partition coefficient (Wildman–Crippen LogP) is 2.79. The number of aromatic nitrogens is 4. The number of anilines is 1. The summed E-state index contributed by atoms with van der Waals surface area (Å²) in [4.78, 5) is 18.2. The van der Waals surface area contributed by atoms with Crippen molar-refractivity contribution in [3.05, 3.63) is 18.0 Å². The van der Waals surface area contributed by atoms with Crippen LogP contribution in [-0.2, 0) is 11.8 Å². The molecule has 2 N–H and O–H groups in total. The quantitative estimate of drug-likeness (QED) is 0.837. The van der Waals surface area contributed by atoms with E-state index in [2.05, 4.69) is 15.3 Å². The molecule has 2 aromatic rings. The van der Waals surface area contributed by atoms with Crippen LogP contribution in [-0.4, -0.2) is 56.3 Å². The first-order valence-corrected chi connectivity index (χ1v) is 9.87. The lowest BCUT2D eigenvalue weighted by molar-refractivity contribution is 0.0165. The smallest absolute Gasteiger partial charge is 0.410 e. The van der Waals surface area contributed by atoms with Crippen molar-refractivity contribution < 1.29 is 14.3 Å². The van der Waals surface area contributed by atoms with Gasteiger partial charge in [0.1, 0.15) is 11.3 Å². The molecule has 3 rings (SSSR count). The third-order valence-electron chi connectivity index (χ3n) is 5.00. The second kappa shape index (κ2) is 8.26. The average Bonchev–Trinajstić information content (AvgIpc) is 2.99. The van der Waals surface area contributed by atoms with Crippen LogP contribution < -0.4 is 10.5 Å². The van der Waals surface area contributed by atoms with Crippen LogP contribution in [0.5, 0.6) is 5.75 Å². The van der Waals surface area contributed by atoms with E-state index in [-0.39, 0.29) is 6.09 Å². The van der Waals surface area contributed by atoms with Gasteiger partial charge in [0.25, 0.3) is 0 Å². The van der Waals surface area contributed by atoms with Gasteiger partial charge in [0, 0.05) is 31.9 Å². The summed E-state index contributed by atoms with van der Waals surface area (Å²) >= 11 is 0. The van der Waals surface area contributed by atoms with Crippen molar-refractivity contribution in [2.75, 3.05) is 25.4 Å². The van der Waals surface area contributed by atoms with Gasteiger partial charge in [0.05, 0.1) is 12.3 Å². The Balaban J connectivity index is 1.57. The zero-order valence-corrected chi connectivity index (χ0v) is 17.8. The van der Waals surface area contributed by atoms with Crippen LogP contribution in [0.1, 0.15) is 39.3 Å². The molecule has 29 heavy (non-hydrogen) atoms. The first-order chi connectivity index (χ1) is 13.6. The third-order valence-corrected chi connectivity index (χ3v) is 5.00. The summed E-state index contributed by atoms with van der Waals surface area (Å²) in [5, 5.41) is 8.22. The minimum Gasteiger partial charge on any atom is -0.489 e. The number of piperidine rings is 1. The van der Waals surface area contributed by atoms with Crippen LogP contribution in [0, 0.1) is 12.8 Å². The SMILES string of the molecule is Cc1c(-c2cnc(N)c(OCC3CCN(C(=O)OC(C)(C)C)CC3)c2)nnn1C. The molecular formula is C20H30N6O3. The Labute approximate surface area is 171 Å². The predicted molar refractivity (Wildman–Crippen MR) is 109 cm³/mol. The Bertz CT molecular complexity index is 866.